The number of hydrogen-bond donors (Lipinski definition) is 1. The number of nitrogens with zero attached hydrogens (tertiary/aromatic N) is 2. The van der Waals surface area contributed by atoms with Crippen molar-refractivity contribution in [3.63, 3.8) is 0 Å². The maximum Gasteiger partial charge on any atom is 0.339 e. The second-order valence-electron chi connectivity index (χ2n) is 5.36. The molecule has 0 aliphatic rings. The van der Waals surface area contributed by atoms with Crippen molar-refractivity contribution in [2.24, 2.45) is 0 Å². The van der Waals surface area contributed by atoms with Crippen LogP contribution in [-0.2, 0) is 0 Å². The van der Waals surface area contributed by atoms with Gasteiger partial charge in [-0.15, -0.1) is 0 Å². The van der Waals surface area contributed by atoms with Crippen LogP contribution in [0.25, 0.3) is 0 Å². The predicted octanol–water partition coefficient (Wildman–Crippen LogP) is 3.24. The van der Waals surface area contributed by atoms with Gasteiger partial charge in [0.15, 0.2) is 5.75 Å². The summed E-state index contributed by atoms with van der Waals surface area (Å²) in [5, 5.41) is 18.2. The Morgan fingerprint density at radius 3 is 2.32 bits per heavy atom. The lowest BCUT2D eigenvalue weighted by molar-refractivity contribution is 0.0692. The molecule has 0 aliphatic heterocycles. The number of carbonyl (C=O) groups excluding carboxylic acids is 1. The van der Waals surface area contributed by atoms with Crippen LogP contribution in [0.1, 0.15) is 38.8 Å². The quantitative estimate of drug-likeness (QED) is 0.904. The summed E-state index contributed by atoms with van der Waals surface area (Å²) in [5.41, 5.74) is 2.02. The smallest absolute Gasteiger partial charge is 0.339 e. The number of amides is 1. The highest BCUT2D eigenvalue weighted by Crippen LogP contribution is 2.36. The Morgan fingerprint density at radius 2 is 1.84 bits per heavy atom. The largest absolute Gasteiger partial charge is 0.494 e. The van der Waals surface area contributed by atoms with Crippen LogP contribution in [0.4, 0.5) is 5.69 Å². The van der Waals surface area contributed by atoms with Gasteiger partial charge in [-0.2, -0.15) is 5.26 Å². The topological polar surface area (TPSA) is 90.6 Å². The number of aryl methyl sites for hydroxylation is 1. The van der Waals surface area contributed by atoms with E-state index in [0.717, 1.165) is 5.56 Å². The van der Waals surface area contributed by atoms with Gasteiger partial charge in [0, 0.05) is 12.1 Å². The summed E-state index contributed by atoms with van der Waals surface area (Å²) in [7, 11) is 1.38. The Morgan fingerprint density at radius 1 is 1.20 bits per heavy atom. The Labute approximate surface area is 145 Å². The lowest BCUT2D eigenvalue weighted by atomic mass is 10.1. The standard InChI is InChI=1S/C19H18N2O4/c1-4-21(18(22)14-8-6-13(11-20)7-9-14)16-12(2)5-10-15(19(23)24)17(16)25-3/h5-10H,4H2,1-3H3,(H,23,24). The summed E-state index contributed by atoms with van der Waals surface area (Å²) in [6.45, 7) is 3.92. The molecule has 0 radical (unpaired) electrons. The van der Waals surface area contributed by atoms with Gasteiger partial charge in [-0.1, -0.05) is 6.07 Å². The van der Waals surface area contributed by atoms with Crippen LogP contribution >= 0.6 is 0 Å². The molecule has 0 saturated carbocycles. The van der Waals surface area contributed by atoms with Gasteiger partial charge < -0.3 is 14.7 Å². The fourth-order valence-corrected chi connectivity index (χ4v) is 2.63. The molecule has 0 spiro atoms. The molecule has 1 amide bonds. The number of hydrogen-bond acceptors (Lipinski definition) is 4. The van der Waals surface area contributed by atoms with E-state index < -0.39 is 5.97 Å². The molecule has 0 atom stereocenters. The number of carboxylic acid groups (broad SMARTS) is 1. The van der Waals surface area contributed by atoms with E-state index in [0.29, 0.717) is 23.4 Å². The van der Waals surface area contributed by atoms with Crippen molar-refractivity contribution in [1.82, 2.24) is 0 Å². The highest BCUT2D eigenvalue weighted by atomic mass is 16.5. The second kappa shape index (κ2) is 7.49. The highest BCUT2D eigenvalue weighted by Gasteiger charge is 2.25. The fraction of sp³-hybridized carbons (Fsp3) is 0.211. The minimum atomic E-state index is -1.13. The summed E-state index contributed by atoms with van der Waals surface area (Å²) < 4.78 is 5.31. The average molecular weight is 338 g/mol. The van der Waals surface area contributed by atoms with Gasteiger partial charge in [0.05, 0.1) is 24.4 Å². The molecule has 1 N–H and O–H groups in total. The van der Waals surface area contributed by atoms with E-state index in [2.05, 4.69) is 0 Å². The van der Waals surface area contributed by atoms with Crippen LogP contribution in [0.3, 0.4) is 0 Å². The first-order valence-corrected chi connectivity index (χ1v) is 7.67. The van der Waals surface area contributed by atoms with Crippen molar-refractivity contribution >= 4 is 17.6 Å². The van der Waals surface area contributed by atoms with Crippen LogP contribution in [0.2, 0.25) is 0 Å². The number of nitriles is 1. The van der Waals surface area contributed by atoms with E-state index in [1.54, 1.807) is 44.2 Å². The van der Waals surface area contributed by atoms with Gasteiger partial charge >= 0.3 is 5.97 Å². The summed E-state index contributed by atoms with van der Waals surface area (Å²) in [5.74, 6) is -1.27. The van der Waals surface area contributed by atoms with Gasteiger partial charge in [0.25, 0.3) is 5.91 Å². The first kappa shape index (κ1) is 18.0. The number of carbonyl (C=O) groups is 2. The summed E-state index contributed by atoms with van der Waals surface area (Å²) in [4.78, 5) is 25.8. The van der Waals surface area contributed by atoms with E-state index >= 15 is 0 Å². The minimum absolute atomic E-state index is 0.00539. The van der Waals surface area contributed by atoms with Crippen LogP contribution in [0.15, 0.2) is 36.4 Å². The molecule has 0 fully saturated rings. The van der Waals surface area contributed by atoms with Crippen molar-refractivity contribution in [2.75, 3.05) is 18.6 Å². The third-order valence-electron chi connectivity index (χ3n) is 3.86. The average Bonchev–Trinajstić information content (AvgIpc) is 2.62. The molecule has 6 heteroatoms. The van der Waals surface area contributed by atoms with Gasteiger partial charge in [-0.05, 0) is 49.7 Å². The molecule has 2 rings (SSSR count). The molecule has 2 aromatic carbocycles. The van der Waals surface area contributed by atoms with Gasteiger partial charge in [0.2, 0.25) is 0 Å². The summed E-state index contributed by atoms with van der Waals surface area (Å²) >= 11 is 0. The monoisotopic (exact) mass is 338 g/mol. The second-order valence-corrected chi connectivity index (χ2v) is 5.36. The van der Waals surface area contributed by atoms with E-state index in [-0.39, 0.29) is 17.2 Å². The number of carboxylic acids is 1. The Kier molecular flexibility index (Phi) is 5.40. The molecular formula is C19H18N2O4. The first-order chi connectivity index (χ1) is 11.9. The van der Waals surface area contributed by atoms with Crippen LogP contribution in [-0.4, -0.2) is 30.6 Å². The Balaban J connectivity index is 2.56. The van der Waals surface area contributed by atoms with Crippen molar-refractivity contribution in [2.45, 2.75) is 13.8 Å². The molecule has 0 aliphatic carbocycles. The summed E-state index contributed by atoms with van der Waals surface area (Å²) in [6, 6.07) is 11.4. The third kappa shape index (κ3) is 3.45. The normalized spacial score (nSPS) is 10.0. The lowest BCUT2D eigenvalue weighted by Crippen LogP contribution is -2.32. The lowest BCUT2D eigenvalue weighted by Gasteiger charge is -2.26. The maximum absolute atomic E-state index is 12.9. The highest BCUT2D eigenvalue weighted by molar-refractivity contribution is 6.08. The van der Waals surface area contributed by atoms with Crippen molar-refractivity contribution in [1.29, 1.82) is 5.26 Å². The van der Waals surface area contributed by atoms with Gasteiger partial charge in [0.1, 0.15) is 5.56 Å². The number of ether oxygens (including phenoxy) is 1. The molecule has 0 saturated heterocycles. The number of rotatable bonds is 5. The molecule has 25 heavy (non-hydrogen) atoms. The summed E-state index contributed by atoms with van der Waals surface area (Å²) in [6.07, 6.45) is 0. The minimum Gasteiger partial charge on any atom is -0.494 e. The number of aromatic carboxylic acids is 1. The van der Waals surface area contributed by atoms with E-state index in [1.807, 2.05) is 6.07 Å². The fourth-order valence-electron chi connectivity index (χ4n) is 2.63. The van der Waals surface area contributed by atoms with Crippen molar-refractivity contribution in [3.05, 3.63) is 58.7 Å². The van der Waals surface area contributed by atoms with Crippen molar-refractivity contribution < 1.29 is 19.4 Å². The SMILES string of the molecule is CCN(C(=O)c1ccc(C#N)cc1)c1c(C)ccc(C(=O)O)c1OC. The Bertz CT molecular complexity index is 851. The zero-order chi connectivity index (χ0) is 18.6. The number of methoxy groups -OCH3 is 1. The molecule has 6 nitrogen and oxygen atoms in total. The molecule has 2 aromatic rings. The van der Waals surface area contributed by atoms with Gasteiger partial charge in [-0.25, -0.2) is 4.79 Å². The van der Waals surface area contributed by atoms with Gasteiger partial charge in [-0.3, -0.25) is 4.79 Å². The third-order valence-corrected chi connectivity index (χ3v) is 3.86. The molecule has 128 valence electrons. The van der Waals surface area contributed by atoms with E-state index in [1.165, 1.54) is 18.1 Å². The predicted molar refractivity (Wildman–Crippen MR) is 93.2 cm³/mol. The molecule has 0 bridgehead atoms. The zero-order valence-corrected chi connectivity index (χ0v) is 14.2. The van der Waals surface area contributed by atoms with Crippen LogP contribution in [0, 0.1) is 18.3 Å². The molecule has 0 aromatic heterocycles. The Hall–Kier alpha value is -3.33. The molecule has 0 unspecified atom stereocenters. The van der Waals surface area contributed by atoms with E-state index in [9.17, 15) is 14.7 Å². The number of anilines is 1. The maximum atomic E-state index is 12.9. The van der Waals surface area contributed by atoms with Crippen LogP contribution in [0.5, 0.6) is 5.75 Å². The van der Waals surface area contributed by atoms with Crippen LogP contribution < -0.4 is 9.64 Å². The zero-order valence-electron chi connectivity index (χ0n) is 14.2. The van der Waals surface area contributed by atoms with E-state index in [4.69, 9.17) is 10.00 Å². The first-order valence-electron chi connectivity index (χ1n) is 7.67. The molecular weight excluding hydrogens is 320 g/mol. The number of benzene rings is 2. The molecule has 0 heterocycles. The van der Waals surface area contributed by atoms with Crippen molar-refractivity contribution in [3.8, 4) is 11.8 Å².